The quantitative estimate of drug-likeness (QED) is 0.443. The van der Waals surface area contributed by atoms with Crippen LogP contribution in [0.4, 0.5) is 0 Å². The first-order chi connectivity index (χ1) is 7.59. The van der Waals surface area contributed by atoms with Gasteiger partial charge < -0.3 is 0 Å². The molecule has 7 nitrogen and oxygen atoms in total. The highest BCUT2D eigenvalue weighted by Gasteiger charge is 2.14. The normalized spacial score (nSPS) is 13.9. The van der Waals surface area contributed by atoms with Crippen LogP contribution >= 0.6 is 0 Å². The van der Waals surface area contributed by atoms with Gasteiger partial charge in [-0.2, -0.15) is 15.4 Å². The van der Waals surface area contributed by atoms with Crippen LogP contribution in [-0.2, 0) is 9.84 Å². The van der Waals surface area contributed by atoms with E-state index in [1.165, 1.54) is 0 Å². The Labute approximate surface area is 94.7 Å². The van der Waals surface area contributed by atoms with Gasteiger partial charge in [-0.1, -0.05) is 6.92 Å². The summed E-state index contributed by atoms with van der Waals surface area (Å²) in [6.07, 6.45) is 2.74. The number of H-pyrrole nitrogens is 1. The van der Waals surface area contributed by atoms with E-state index < -0.39 is 9.84 Å². The molecule has 0 amide bonds. The van der Waals surface area contributed by atoms with Crippen molar-refractivity contribution in [2.45, 2.75) is 25.8 Å². The minimum atomic E-state index is -2.90. The van der Waals surface area contributed by atoms with E-state index in [-0.39, 0.29) is 17.5 Å². The maximum atomic E-state index is 11.3. The molecule has 16 heavy (non-hydrogen) atoms. The van der Waals surface area contributed by atoms with Crippen LogP contribution in [0.5, 0.6) is 0 Å². The predicted molar refractivity (Wildman–Crippen MR) is 60.0 cm³/mol. The summed E-state index contributed by atoms with van der Waals surface area (Å²) in [5.41, 5.74) is 3.28. The fourth-order valence-electron chi connectivity index (χ4n) is 1.35. The molecule has 1 aromatic rings. The smallest absolute Gasteiger partial charge is 0.150 e. The first-order valence-electron chi connectivity index (χ1n) is 5.11. The number of rotatable bonds is 7. The number of nitrogens with two attached hydrogens (primary N) is 1. The molecular formula is C8H17N5O2S. The maximum Gasteiger partial charge on any atom is 0.150 e. The van der Waals surface area contributed by atoms with Crippen molar-refractivity contribution in [3.8, 4) is 0 Å². The third kappa shape index (κ3) is 3.87. The Morgan fingerprint density at radius 3 is 2.88 bits per heavy atom. The molecule has 92 valence electrons. The summed E-state index contributed by atoms with van der Waals surface area (Å²) >= 11 is 0. The van der Waals surface area contributed by atoms with Crippen LogP contribution < -0.4 is 11.3 Å². The molecular weight excluding hydrogens is 230 g/mol. The van der Waals surface area contributed by atoms with Crippen LogP contribution in [-0.4, -0.2) is 35.3 Å². The third-order valence-electron chi connectivity index (χ3n) is 2.38. The Morgan fingerprint density at radius 2 is 2.38 bits per heavy atom. The van der Waals surface area contributed by atoms with Gasteiger partial charge in [0.25, 0.3) is 0 Å². The highest BCUT2D eigenvalue weighted by Crippen LogP contribution is 2.14. The molecule has 0 saturated carbocycles. The molecule has 0 bridgehead atoms. The molecule has 0 saturated heterocycles. The van der Waals surface area contributed by atoms with Crippen LogP contribution in [0.2, 0.25) is 0 Å². The van der Waals surface area contributed by atoms with Gasteiger partial charge >= 0.3 is 0 Å². The van der Waals surface area contributed by atoms with Crippen LogP contribution in [0.1, 0.15) is 31.5 Å². The number of hydrogen-bond acceptors (Lipinski definition) is 6. The van der Waals surface area contributed by atoms with E-state index in [2.05, 4.69) is 20.8 Å². The molecule has 0 radical (unpaired) electrons. The third-order valence-corrected chi connectivity index (χ3v) is 4.17. The van der Waals surface area contributed by atoms with Gasteiger partial charge in [0, 0.05) is 5.75 Å². The highest BCUT2D eigenvalue weighted by atomic mass is 32.2. The summed E-state index contributed by atoms with van der Waals surface area (Å²) in [6.45, 7) is 1.64. The van der Waals surface area contributed by atoms with Crippen LogP contribution in [0.15, 0.2) is 6.20 Å². The zero-order valence-corrected chi connectivity index (χ0v) is 10.00. The average Bonchev–Trinajstić information content (AvgIpc) is 2.78. The lowest BCUT2D eigenvalue weighted by atomic mass is 10.1. The van der Waals surface area contributed by atoms with Crippen molar-refractivity contribution in [3.05, 3.63) is 11.9 Å². The topological polar surface area (TPSA) is 114 Å². The number of aromatic nitrogens is 3. The minimum absolute atomic E-state index is 0.161. The fourth-order valence-corrected chi connectivity index (χ4v) is 2.24. The molecule has 0 spiro atoms. The molecule has 8 heteroatoms. The lowest BCUT2D eigenvalue weighted by molar-refractivity contribution is 0.495. The second kappa shape index (κ2) is 5.92. The van der Waals surface area contributed by atoms with Gasteiger partial charge in [-0.15, -0.1) is 0 Å². The minimum Gasteiger partial charge on any atom is -0.271 e. The Hall–Kier alpha value is -0.990. The second-order valence-electron chi connectivity index (χ2n) is 3.49. The van der Waals surface area contributed by atoms with Crippen molar-refractivity contribution in [1.29, 1.82) is 0 Å². The molecule has 1 heterocycles. The van der Waals surface area contributed by atoms with Crippen molar-refractivity contribution in [3.63, 3.8) is 0 Å². The standard InChI is InChI=1S/C8H17N5O2S/c1-2-16(14,15)5-3-4-7(11-9)8-6-10-13-12-8/h6-7,11H,2-5,9H2,1H3,(H,10,12,13). The molecule has 0 aliphatic rings. The monoisotopic (exact) mass is 247 g/mol. The van der Waals surface area contributed by atoms with Crippen molar-refractivity contribution >= 4 is 9.84 Å². The molecule has 1 atom stereocenters. The average molecular weight is 247 g/mol. The van der Waals surface area contributed by atoms with Gasteiger partial charge in [-0.3, -0.25) is 11.3 Å². The number of nitrogens with zero attached hydrogens (tertiary/aromatic N) is 2. The Balaban J connectivity index is 2.42. The molecule has 1 unspecified atom stereocenters. The molecule has 1 aromatic heterocycles. The SMILES string of the molecule is CCS(=O)(=O)CCCC(NN)c1cn[nH]n1. The number of sulfone groups is 1. The van der Waals surface area contributed by atoms with Crippen LogP contribution in [0.3, 0.4) is 0 Å². The van der Waals surface area contributed by atoms with E-state index in [1.807, 2.05) is 0 Å². The molecule has 0 aliphatic carbocycles. The van der Waals surface area contributed by atoms with E-state index in [4.69, 9.17) is 5.84 Å². The molecule has 0 fully saturated rings. The number of hydrogen-bond donors (Lipinski definition) is 3. The summed E-state index contributed by atoms with van der Waals surface area (Å²) in [4.78, 5) is 0. The van der Waals surface area contributed by atoms with Gasteiger partial charge in [0.15, 0.2) is 0 Å². The van der Waals surface area contributed by atoms with E-state index in [1.54, 1.807) is 13.1 Å². The van der Waals surface area contributed by atoms with Crippen LogP contribution in [0.25, 0.3) is 0 Å². The van der Waals surface area contributed by atoms with Gasteiger partial charge in [-0.25, -0.2) is 8.42 Å². The zero-order valence-electron chi connectivity index (χ0n) is 9.18. The first-order valence-corrected chi connectivity index (χ1v) is 6.93. The van der Waals surface area contributed by atoms with Crippen molar-refractivity contribution in [1.82, 2.24) is 20.8 Å². The summed E-state index contributed by atoms with van der Waals surface area (Å²) in [6, 6.07) is -0.161. The van der Waals surface area contributed by atoms with Gasteiger partial charge in [0.2, 0.25) is 0 Å². The van der Waals surface area contributed by atoms with E-state index in [0.29, 0.717) is 18.5 Å². The van der Waals surface area contributed by atoms with Crippen molar-refractivity contribution in [2.24, 2.45) is 5.84 Å². The van der Waals surface area contributed by atoms with Crippen molar-refractivity contribution < 1.29 is 8.42 Å². The lowest BCUT2D eigenvalue weighted by Crippen LogP contribution is -2.28. The fraction of sp³-hybridized carbons (Fsp3) is 0.750. The summed E-state index contributed by atoms with van der Waals surface area (Å²) in [5.74, 6) is 5.72. The molecule has 1 rings (SSSR count). The molecule has 4 N–H and O–H groups in total. The van der Waals surface area contributed by atoms with Gasteiger partial charge in [-0.05, 0) is 12.8 Å². The summed E-state index contributed by atoms with van der Waals surface area (Å²) < 4.78 is 22.5. The lowest BCUT2D eigenvalue weighted by Gasteiger charge is -2.12. The van der Waals surface area contributed by atoms with E-state index >= 15 is 0 Å². The Kier molecular flexibility index (Phi) is 4.84. The van der Waals surface area contributed by atoms with Gasteiger partial charge in [0.05, 0.1) is 18.0 Å². The van der Waals surface area contributed by atoms with Crippen molar-refractivity contribution in [2.75, 3.05) is 11.5 Å². The van der Waals surface area contributed by atoms with E-state index in [9.17, 15) is 8.42 Å². The first kappa shape index (κ1) is 13.1. The predicted octanol–water partition coefficient (Wildman–Crippen LogP) is -0.476. The summed E-state index contributed by atoms with van der Waals surface area (Å²) in [7, 11) is -2.90. The Bertz CT molecular complexity index is 389. The van der Waals surface area contributed by atoms with E-state index in [0.717, 1.165) is 0 Å². The number of aromatic amines is 1. The zero-order chi connectivity index (χ0) is 12.0. The largest absolute Gasteiger partial charge is 0.271 e. The second-order valence-corrected chi connectivity index (χ2v) is 5.97. The van der Waals surface area contributed by atoms with Gasteiger partial charge in [0.1, 0.15) is 15.5 Å². The molecule has 0 aromatic carbocycles. The number of hydrazine groups is 1. The van der Waals surface area contributed by atoms with Crippen LogP contribution in [0, 0.1) is 0 Å². The highest BCUT2D eigenvalue weighted by molar-refractivity contribution is 7.91. The maximum absolute atomic E-state index is 11.3. The summed E-state index contributed by atoms with van der Waals surface area (Å²) in [5, 5.41) is 10.1. The molecule has 0 aliphatic heterocycles. The Morgan fingerprint density at radius 1 is 1.62 bits per heavy atom. The number of nitrogens with one attached hydrogen (secondary N) is 2.